The molecule has 2 rings (SSSR count). The molecule has 1 saturated heterocycles. The summed E-state index contributed by atoms with van der Waals surface area (Å²) in [6, 6.07) is 2.07. The minimum Gasteiger partial charge on any atom is -0.330 e. The molecular formula is C8H10N2S. The van der Waals surface area contributed by atoms with Gasteiger partial charge in [-0.05, 0) is 17.9 Å². The molecule has 0 spiro atoms. The van der Waals surface area contributed by atoms with Gasteiger partial charge in [-0.3, -0.25) is 5.41 Å². The molecule has 0 saturated carbocycles. The molecule has 0 amide bonds. The number of rotatable bonds is 1. The summed E-state index contributed by atoms with van der Waals surface area (Å²) in [6.07, 6.45) is 2.07. The van der Waals surface area contributed by atoms with E-state index in [0.29, 0.717) is 0 Å². The van der Waals surface area contributed by atoms with Crippen LogP contribution in [0.5, 0.6) is 0 Å². The maximum Gasteiger partial charge on any atom is 0.100 e. The highest BCUT2D eigenvalue weighted by Gasteiger charge is 2.17. The van der Waals surface area contributed by atoms with Crippen LogP contribution in [0.4, 0.5) is 5.69 Å². The Morgan fingerprint density at radius 2 is 2.45 bits per heavy atom. The van der Waals surface area contributed by atoms with Crippen molar-refractivity contribution in [2.24, 2.45) is 0 Å². The van der Waals surface area contributed by atoms with E-state index >= 15 is 0 Å². The third-order valence-corrected chi connectivity index (χ3v) is 2.61. The van der Waals surface area contributed by atoms with Crippen molar-refractivity contribution in [3.8, 4) is 0 Å². The SMILES string of the molecule is N=C1CCCN1c1ccsc1. The van der Waals surface area contributed by atoms with Crippen molar-refractivity contribution in [3.63, 3.8) is 0 Å². The maximum absolute atomic E-state index is 7.61. The van der Waals surface area contributed by atoms with E-state index in [4.69, 9.17) is 5.41 Å². The first-order valence-corrected chi connectivity index (χ1v) is 4.69. The molecule has 11 heavy (non-hydrogen) atoms. The highest BCUT2D eigenvalue weighted by molar-refractivity contribution is 7.08. The van der Waals surface area contributed by atoms with Gasteiger partial charge in [0.15, 0.2) is 0 Å². The summed E-state index contributed by atoms with van der Waals surface area (Å²) in [5, 5.41) is 11.8. The van der Waals surface area contributed by atoms with Crippen LogP contribution in [0.15, 0.2) is 16.8 Å². The van der Waals surface area contributed by atoms with Gasteiger partial charge in [-0.1, -0.05) is 0 Å². The summed E-state index contributed by atoms with van der Waals surface area (Å²) in [5.74, 6) is 0.767. The molecule has 0 aliphatic carbocycles. The van der Waals surface area contributed by atoms with Crippen LogP contribution in [-0.4, -0.2) is 12.4 Å². The molecule has 1 N–H and O–H groups in total. The zero-order valence-electron chi connectivity index (χ0n) is 6.21. The number of nitrogens with zero attached hydrogens (tertiary/aromatic N) is 1. The first-order valence-electron chi connectivity index (χ1n) is 3.75. The van der Waals surface area contributed by atoms with E-state index in [0.717, 1.165) is 25.2 Å². The lowest BCUT2D eigenvalue weighted by Gasteiger charge is -2.14. The van der Waals surface area contributed by atoms with E-state index in [1.165, 1.54) is 5.69 Å². The normalized spacial score (nSPS) is 17.8. The van der Waals surface area contributed by atoms with Gasteiger partial charge >= 0.3 is 0 Å². The van der Waals surface area contributed by atoms with Crippen molar-refractivity contribution in [2.45, 2.75) is 12.8 Å². The molecule has 1 aliphatic heterocycles. The fraction of sp³-hybridized carbons (Fsp3) is 0.375. The molecule has 1 aromatic rings. The van der Waals surface area contributed by atoms with Crippen LogP contribution >= 0.6 is 11.3 Å². The molecule has 1 fully saturated rings. The Kier molecular flexibility index (Phi) is 1.66. The van der Waals surface area contributed by atoms with Crippen LogP contribution in [0.25, 0.3) is 0 Å². The van der Waals surface area contributed by atoms with Crippen molar-refractivity contribution in [1.29, 1.82) is 5.41 Å². The summed E-state index contributed by atoms with van der Waals surface area (Å²) < 4.78 is 0. The van der Waals surface area contributed by atoms with Gasteiger partial charge < -0.3 is 4.90 Å². The zero-order chi connectivity index (χ0) is 7.68. The van der Waals surface area contributed by atoms with Crippen LogP contribution in [0.3, 0.4) is 0 Å². The van der Waals surface area contributed by atoms with E-state index in [9.17, 15) is 0 Å². The van der Waals surface area contributed by atoms with Crippen molar-refractivity contribution < 1.29 is 0 Å². The Hall–Kier alpha value is -0.830. The quantitative estimate of drug-likeness (QED) is 0.681. The molecule has 0 radical (unpaired) electrons. The smallest absolute Gasteiger partial charge is 0.100 e. The monoisotopic (exact) mass is 166 g/mol. The number of hydrogen-bond donors (Lipinski definition) is 1. The Morgan fingerprint density at radius 3 is 3.00 bits per heavy atom. The molecule has 0 atom stereocenters. The van der Waals surface area contributed by atoms with Crippen molar-refractivity contribution in [2.75, 3.05) is 11.4 Å². The van der Waals surface area contributed by atoms with Gasteiger partial charge in [-0.15, -0.1) is 0 Å². The van der Waals surface area contributed by atoms with E-state index in [2.05, 4.69) is 21.7 Å². The van der Waals surface area contributed by atoms with Gasteiger partial charge in [0.1, 0.15) is 5.84 Å². The second kappa shape index (κ2) is 2.66. The summed E-state index contributed by atoms with van der Waals surface area (Å²) in [7, 11) is 0. The highest BCUT2D eigenvalue weighted by atomic mass is 32.1. The first-order chi connectivity index (χ1) is 5.38. The third-order valence-electron chi connectivity index (χ3n) is 1.94. The second-order valence-corrected chi connectivity index (χ2v) is 3.46. The molecule has 58 valence electrons. The van der Waals surface area contributed by atoms with Crippen LogP contribution in [-0.2, 0) is 0 Å². The van der Waals surface area contributed by atoms with Crippen LogP contribution < -0.4 is 4.90 Å². The molecule has 0 aromatic carbocycles. The summed E-state index contributed by atoms with van der Waals surface area (Å²) in [6.45, 7) is 1.02. The van der Waals surface area contributed by atoms with Gasteiger partial charge in [0, 0.05) is 18.3 Å². The molecule has 2 nitrogen and oxygen atoms in total. The van der Waals surface area contributed by atoms with Crippen LogP contribution in [0.2, 0.25) is 0 Å². The Balaban J connectivity index is 2.23. The number of anilines is 1. The van der Waals surface area contributed by atoms with Gasteiger partial charge in [0.2, 0.25) is 0 Å². The van der Waals surface area contributed by atoms with Crippen LogP contribution in [0, 0.1) is 5.41 Å². The van der Waals surface area contributed by atoms with E-state index in [-0.39, 0.29) is 0 Å². The fourth-order valence-electron chi connectivity index (χ4n) is 1.37. The highest BCUT2D eigenvalue weighted by Crippen LogP contribution is 2.23. The predicted octanol–water partition coefficient (Wildman–Crippen LogP) is 2.33. The average Bonchev–Trinajstić information content (AvgIpc) is 2.55. The molecule has 3 heteroatoms. The van der Waals surface area contributed by atoms with Gasteiger partial charge in [-0.25, -0.2) is 0 Å². The summed E-state index contributed by atoms with van der Waals surface area (Å²) in [4.78, 5) is 2.08. The minimum atomic E-state index is 0.767. The molecule has 0 bridgehead atoms. The molecule has 1 aliphatic rings. The van der Waals surface area contributed by atoms with Crippen molar-refractivity contribution >= 4 is 22.9 Å². The average molecular weight is 166 g/mol. The maximum atomic E-state index is 7.61. The van der Waals surface area contributed by atoms with E-state index in [1.54, 1.807) is 11.3 Å². The van der Waals surface area contributed by atoms with Crippen LogP contribution in [0.1, 0.15) is 12.8 Å². The fourth-order valence-corrected chi connectivity index (χ4v) is 2.01. The number of nitrogens with one attached hydrogen (secondary N) is 1. The zero-order valence-corrected chi connectivity index (χ0v) is 7.03. The number of thiophene rings is 1. The number of hydrogen-bond acceptors (Lipinski definition) is 2. The molecule has 2 heterocycles. The van der Waals surface area contributed by atoms with E-state index < -0.39 is 0 Å². The lowest BCUT2D eigenvalue weighted by atomic mass is 10.4. The van der Waals surface area contributed by atoms with Gasteiger partial charge in [0.25, 0.3) is 0 Å². The summed E-state index contributed by atoms with van der Waals surface area (Å²) in [5.41, 5.74) is 1.19. The van der Waals surface area contributed by atoms with Crippen molar-refractivity contribution in [1.82, 2.24) is 0 Å². The topological polar surface area (TPSA) is 27.1 Å². The second-order valence-electron chi connectivity index (χ2n) is 2.68. The lowest BCUT2D eigenvalue weighted by molar-refractivity contribution is 0.958. The van der Waals surface area contributed by atoms with Gasteiger partial charge in [-0.2, -0.15) is 11.3 Å². The van der Waals surface area contributed by atoms with E-state index in [1.807, 2.05) is 0 Å². The Bertz CT molecular complexity index is 253. The summed E-state index contributed by atoms with van der Waals surface area (Å²) >= 11 is 1.69. The Morgan fingerprint density at radius 1 is 1.55 bits per heavy atom. The number of amidine groups is 1. The minimum absolute atomic E-state index is 0.767. The molecular weight excluding hydrogens is 156 g/mol. The Labute approximate surface area is 70.0 Å². The molecule has 0 unspecified atom stereocenters. The largest absolute Gasteiger partial charge is 0.330 e. The predicted molar refractivity (Wildman–Crippen MR) is 48.6 cm³/mol. The lowest BCUT2D eigenvalue weighted by Crippen LogP contribution is -2.22. The third kappa shape index (κ3) is 1.16. The molecule has 1 aromatic heterocycles. The van der Waals surface area contributed by atoms with Crippen molar-refractivity contribution in [3.05, 3.63) is 16.8 Å². The van der Waals surface area contributed by atoms with Gasteiger partial charge in [0.05, 0.1) is 5.69 Å². The first kappa shape index (κ1) is 6.85. The standard InChI is InChI=1S/C8H10N2S/c9-8-2-1-4-10(8)7-3-5-11-6-7/h3,5-6,9H,1-2,4H2.